The Bertz CT molecular complexity index is 275. The average Bonchev–Trinajstić information content (AvgIpc) is 2.12. The van der Waals surface area contributed by atoms with Gasteiger partial charge in [-0.15, -0.1) is 0 Å². The lowest BCUT2D eigenvalue weighted by atomic mass is 10.2. The van der Waals surface area contributed by atoms with Gasteiger partial charge in [-0.05, 0) is 12.8 Å². The third-order valence-corrected chi connectivity index (χ3v) is 2.05. The molecule has 1 nitrogen and oxygen atoms in total. The zero-order chi connectivity index (χ0) is 10.6. The molecule has 0 fully saturated rings. The van der Waals surface area contributed by atoms with Crippen LogP contribution in [-0.4, -0.2) is 6.10 Å². The first-order valence-electron chi connectivity index (χ1n) is 4.78. The van der Waals surface area contributed by atoms with Crippen LogP contribution in [0.2, 0.25) is 0 Å². The van der Waals surface area contributed by atoms with Crippen molar-refractivity contribution < 1.29 is 13.5 Å². The van der Waals surface area contributed by atoms with E-state index in [2.05, 4.69) is 0 Å². The lowest BCUT2D eigenvalue weighted by molar-refractivity contribution is 0.191. The van der Waals surface area contributed by atoms with Crippen molar-refractivity contribution in [1.82, 2.24) is 0 Å². The van der Waals surface area contributed by atoms with Crippen molar-refractivity contribution in [3.05, 3.63) is 29.8 Å². The summed E-state index contributed by atoms with van der Waals surface area (Å²) >= 11 is 0. The van der Waals surface area contributed by atoms with Gasteiger partial charge in [-0.25, -0.2) is 8.78 Å². The molecule has 0 unspecified atom stereocenters. The van der Waals surface area contributed by atoms with E-state index in [1.54, 1.807) is 0 Å². The van der Waals surface area contributed by atoms with Crippen molar-refractivity contribution in [2.45, 2.75) is 32.8 Å². The van der Waals surface area contributed by atoms with E-state index in [0.29, 0.717) is 0 Å². The molecule has 0 aliphatic heterocycles. The van der Waals surface area contributed by atoms with E-state index in [4.69, 9.17) is 4.74 Å². The summed E-state index contributed by atoms with van der Waals surface area (Å²) in [6, 6.07) is 3.22. The first-order valence-corrected chi connectivity index (χ1v) is 4.78. The van der Waals surface area contributed by atoms with E-state index < -0.39 is 11.6 Å². The average molecular weight is 200 g/mol. The second kappa shape index (κ2) is 4.94. The molecule has 3 heteroatoms. The third kappa shape index (κ3) is 2.98. The highest BCUT2D eigenvalue weighted by Crippen LogP contribution is 2.18. The number of ether oxygens (including phenoxy) is 1. The molecule has 0 heterocycles. The summed E-state index contributed by atoms with van der Waals surface area (Å²) in [5.74, 6) is -0.951. The van der Waals surface area contributed by atoms with Gasteiger partial charge >= 0.3 is 0 Å². The van der Waals surface area contributed by atoms with Gasteiger partial charge in [0.15, 0.2) is 0 Å². The van der Waals surface area contributed by atoms with Crippen molar-refractivity contribution in [3.8, 4) is 5.75 Å². The topological polar surface area (TPSA) is 9.23 Å². The molecule has 0 N–H and O–H groups in total. The quantitative estimate of drug-likeness (QED) is 0.722. The maximum atomic E-state index is 12.8. The van der Waals surface area contributed by atoms with Crippen LogP contribution in [-0.2, 0) is 0 Å². The maximum absolute atomic E-state index is 12.8. The van der Waals surface area contributed by atoms with Crippen molar-refractivity contribution >= 4 is 0 Å². The highest BCUT2D eigenvalue weighted by Gasteiger charge is 2.07. The zero-order valence-corrected chi connectivity index (χ0v) is 8.39. The van der Waals surface area contributed by atoms with E-state index in [1.807, 2.05) is 13.8 Å². The molecule has 1 rings (SSSR count). The molecule has 0 aliphatic rings. The zero-order valence-electron chi connectivity index (χ0n) is 8.39. The van der Waals surface area contributed by atoms with Crippen molar-refractivity contribution in [2.24, 2.45) is 0 Å². The molecule has 0 atom stereocenters. The van der Waals surface area contributed by atoms with E-state index in [-0.39, 0.29) is 11.9 Å². The van der Waals surface area contributed by atoms with Crippen LogP contribution in [0.4, 0.5) is 8.78 Å². The number of hydrogen-bond donors (Lipinski definition) is 0. The molecule has 1 aromatic rings. The molecule has 0 aliphatic carbocycles. The minimum absolute atomic E-state index is 0.0243. The smallest absolute Gasteiger partial charge is 0.129 e. The van der Waals surface area contributed by atoms with Crippen LogP contribution in [0.5, 0.6) is 5.75 Å². The fourth-order valence-electron chi connectivity index (χ4n) is 1.24. The van der Waals surface area contributed by atoms with Gasteiger partial charge in [-0.3, -0.25) is 0 Å². The first-order chi connectivity index (χ1) is 6.65. The number of hydrogen-bond acceptors (Lipinski definition) is 1. The van der Waals surface area contributed by atoms with Crippen LogP contribution in [0.25, 0.3) is 0 Å². The largest absolute Gasteiger partial charge is 0.490 e. The van der Waals surface area contributed by atoms with Crippen LogP contribution in [0.15, 0.2) is 18.2 Å². The second-order valence-corrected chi connectivity index (χ2v) is 3.16. The Morgan fingerprint density at radius 2 is 1.57 bits per heavy atom. The molecule has 1 aromatic carbocycles. The minimum Gasteiger partial charge on any atom is -0.490 e. The Morgan fingerprint density at radius 3 is 2.00 bits per heavy atom. The van der Waals surface area contributed by atoms with Gasteiger partial charge in [0.05, 0.1) is 6.10 Å². The van der Waals surface area contributed by atoms with E-state index >= 15 is 0 Å². The minimum atomic E-state index is -0.606. The lowest BCUT2D eigenvalue weighted by Crippen LogP contribution is -2.13. The molecule has 0 bridgehead atoms. The summed E-state index contributed by atoms with van der Waals surface area (Å²) in [6.45, 7) is 3.95. The molecule has 0 aromatic heterocycles. The lowest BCUT2D eigenvalue weighted by Gasteiger charge is -2.15. The van der Waals surface area contributed by atoms with Crippen molar-refractivity contribution in [2.75, 3.05) is 0 Å². The van der Waals surface area contributed by atoms with Crippen LogP contribution < -0.4 is 4.74 Å². The Balaban J connectivity index is 2.75. The van der Waals surface area contributed by atoms with Crippen LogP contribution in [0, 0.1) is 11.6 Å². The summed E-state index contributed by atoms with van der Waals surface area (Å²) in [4.78, 5) is 0. The van der Waals surface area contributed by atoms with Gasteiger partial charge in [0.1, 0.15) is 17.4 Å². The van der Waals surface area contributed by atoms with Gasteiger partial charge in [0, 0.05) is 18.2 Å². The highest BCUT2D eigenvalue weighted by atomic mass is 19.1. The summed E-state index contributed by atoms with van der Waals surface area (Å²) in [6.07, 6.45) is 1.68. The molecule has 78 valence electrons. The molecule has 0 saturated carbocycles. The van der Waals surface area contributed by atoms with Gasteiger partial charge in [-0.2, -0.15) is 0 Å². The Kier molecular flexibility index (Phi) is 3.86. The van der Waals surface area contributed by atoms with E-state index in [1.165, 1.54) is 12.1 Å². The molecular weight excluding hydrogens is 186 g/mol. The molecular formula is C11H14F2O. The second-order valence-electron chi connectivity index (χ2n) is 3.16. The first kappa shape index (κ1) is 11.0. The molecule has 14 heavy (non-hydrogen) atoms. The summed E-state index contributed by atoms with van der Waals surface area (Å²) < 4.78 is 30.9. The van der Waals surface area contributed by atoms with Gasteiger partial charge < -0.3 is 4.74 Å². The SMILES string of the molecule is CCC(CC)Oc1cc(F)cc(F)c1. The van der Waals surface area contributed by atoms with Crippen molar-refractivity contribution in [3.63, 3.8) is 0 Å². The normalized spacial score (nSPS) is 10.6. The third-order valence-electron chi connectivity index (χ3n) is 2.05. The van der Waals surface area contributed by atoms with Crippen LogP contribution >= 0.6 is 0 Å². The van der Waals surface area contributed by atoms with E-state index in [0.717, 1.165) is 18.9 Å². The molecule has 0 radical (unpaired) electrons. The predicted octanol–water partition coefficient (Wildman–Crippen LogP) is 3.53. The molecule has 0 saturated heterocycles. The number of benzene rings is 1. The molecule has 0 amide bonds. The van der Waals surface area contributed by atoms with Gasteiger partial charge in [-0.1, -0.05) is 13.8 Å². The summed E-state index contributed by atoms with van der Waals surface area (Å²) in [5, 5.41) is 0. The monoisotopic (exact) mass is 200 g/mol. The predicted molar refractivity (Wildman–Crippen MR) is 51.4 cm³/mol. The Labute approximate surface area is 82.7 Å². The standard InChI is InChI=1S/C11H14F2O/c1-3-10(4-2)14-11-6-8(12)5-9(13)7-11/h5-7,10H,3-4H2,1-2H3. The fraction of sp³-hybridized carbons (Fsp3) is 0.455. The fourth-order valence-corrected chi connectivity index (χ4v) is 1.24. The number of halogens is 2. The van der Waals surface area contributed by atoms with Crippen LogP contribution in [0.1, 0.15) is 26.7 Å². The van der Waals surface area contributed by atoms with Crippen LogP contribution in [0.3, 0.4) is 0 Å². The molecule has 0 spiro atoms. The Hall–Kier alpha value is -1.12. The van der Waals surface area contributed by atoms with Gasteiger partial charge in [0.2, 0.25) is 0 Å². The van der Waals surface area contributed by atoms with Gasteiger partial charge in [0.25, 0.3) is 0 Å². The summed E-state index contributed by atoms with van der Waals surface area (Å²) in [7, 11) is 0. The highest BCUT2D eigenvalue weighted by molar-refractivity contribution is 5.23. The maximum Gasteiger partial charge on any atom is 0.129 e. The van der Waals surface area contributed by atoms with E-state index in [9.17, 15) is 8.78 Å². The summed E-state index contributed by atoms with van der Waals surface area (Å²) in [5.41, 5.74) is 0. The number of rotatable bonds is 4. The Morgan fingerprint density at radius 1 is 1.07 bits per heavy atom. The van der Waals surface area contributed by atoms with Crippen molar-refractivity contribution in [1.29, 1.82) is 0 Å².